The van der Waals surface area contributed by atoms with Crippen LogP contribution in [-0.2, 0) is 22.4 Å². The van der Waals surface area contributed by atoms with E-state index in [-0.39, 0.29) is 11.8 Å². The lowest BCUT2D eigenvalue weighted by Crippen LogP contribution is -2.38. The SMILES string of the molecule is CC1CCN(C(=O)Cc2csc(NC(=O)Cc3ccccc3)n2)CC1. The van der Waals surface area contributed by atoms with Crippen LogP contribution in [0.3, 0.4) is 0 Å². The lowest BCUT2D eigenvalue weighted by molar-refractivity contribution is -0.131. The molecule has 1 aliphatic heterocycles. The second kappa shape index (κ2) is 8.25. The number of nitrogens with zero attached hydrogens (tertiary/aromatic N) is 2. The summed E-state index contributed by atoms with van der Waals surface area (Å²) in [6.07, 6.45) is 2.77. The molecule has 1 fully saturated rings. The smallest absolute Gasteiger partial charge is 0.230 e. The van der Waals surface area contributed by atoms with E-state index >= 15 is 0 Å². The van der Waals surface area contributed by atoms with Crippen molar-refractivity contribution in [2.75, 3.05) is 18.4 Å². The number of piperidine rings is 1. The lowest BCUT2D eigenvalue weighted by atomic mass is 9.99. The fourth-order valence-corrected chi connectivity index (χ4v) is 3.64. The van der Waals surface area contributed by atoms with Gasteiger partial charge in [0.25, 0.3) is 0 Å². The first kappa shape index (κ1) is 17.6. The minimum absolute atomic E-state index is 0.0940. The number of anilines is 1. The summed E-state index contributed by atoms with van der Waals surface area (Å²) in [6, 6.07) is 9.60. The molecule has 1 aliphatic rings. The van der Waals surface area contributed by atoms with Crippen LogP contribution >= 0.6 is 11.3 Å². The van der Waals surface area contributed by atoms with E-state index in [1.165, 1.54) is 11.3 Å². The summed E-state index contributed by atoms with van der Waals surface area (Å²) in [5.74, 6) is 0.734. The Morgan fingerprint density at radius 2 is 1.92 bits per heavy atom. The number of hydrogen-bond acceptors (Lipinski definition) is 4. The van der Waals surface area contributed by atoms with Gasteiger partial charge in [0.2, 0.25) is 11.8 Å². The van der Waals surface area contributed by atoms with E-state index < -0.39 is 0 Å². The van der Waals surface area contributed by atoms with Gasteiger partial charge in [-0.3, -0.25) is 9.59 Å². The molecule has 0 bridgehead atoms. The van der Waals surface area contributed by atoms with Gasteiger partial charge in [0.05, 0.1) is 18.5 Å². The number of thiazole rings is 1. The molecule has 2 amide bonds. The number of amides is 2. The third-order valence-corrected chi connectivity index (χ3v) is 5.28. The minimum atomic E-state index is -0.0940. The average Bonchev–Trinajstić information content (AvgIpc) is 3.03. The van der Waals surface area contributed by atoms with Crippen LogP contribution in [0.2, 0.25) is 0 Å². The highest BCUT2D eigenvalue weighted by Gasteiger charge is 2.21. The van der Waals surface area contributed by atoms with Gasteiger partial charge in [0, 0.05) is 18.5 Å². The first-order valence-electron chi connectivity index (χ1n) is 8.66. The van der Waals surface area contributed by atoms with E-state index in [2.05, 4.69) is 17.2 Å². The van der Waals surface area contributed by atoms with Gasteiger partial charge >= 0.3 is 0 Å². The van der Waals surface area contributed by atoms with Crippen LogP contribution in [0.1, 0.15) is 31.0 Å². The van der Waals surface area contributed by atoms with Crippen LogP contribution in [0.25, 0.3) is 0 Å². The molecule has 132 valence electrons. The monoisotopic (exact) mass is 357 g/mol. The van der Waals surface area contributed by atoms with Crippen LogP contribution in [0.5, 0.6) is 0 Å². The summed E-state index contributed by atoms with van der Waals surface area (Å²) in [5.41, 5.74) is 1.69. The van der Waals surface area contributed by atoms with Gasteiger partial charge in [-0.1, -0.05) is 37.3 Å². The highest BCUT2D eigenvalue weighted by molar-refractivity contribution is 7.13. The minimum Gasteiger partial charge on any atom is -0.342 e. The molecule has 1 N–H and O–H groups in total. The van der Waals surface area contributed by atoms with E-state index in [0.29, 0.717) is 23.9 Å². The third-order valence-electron chi connectivity index (χ3n) is 4.47. The first-order valence-corrected chi connectivity index (χ1v) is 9.54. The summed E-state index contributed by atoms with van der Waals surface area (Å²) in [5, 5.41) is 5.21. The largest absolute Gasteiger partial charge is 0.342 e. The number of rotatable bonds is 5. The van der Waals surface area contributed by atoms with Gasteiger partial charge < -0.3 is 10.2 Å². The fraction of sp³-hybridized carbons (Fsp3) is 0.421. The molecule has 0 aliphatic carbocycles. The van der Waals surface area contributed by atoms with Crippen molar-refractivity contribution in [2.45, 2.75) is 32.6 Å². The molecular formula is C19H23N3O2S. The van der Waals surface area contributed by atoms with Crippen molar-refractivity contribution in [1.82, 2.24) is 9.88 Å². The number of likely N-dealkylation sites (tertiary alicyclic amines) is 1. The van der Waals surface area contributed by atoms with E-state index in [4.69, 9.17) is 0 Å². The molecule has 1 saturated heterocycles. The van der Waals surface area contributed by atoms with Crippen molar-refractivity contribution in [2.24, 2.45) is 5.92 Å². The van der Waals surface area contributed by atoms with Crippen LogP contribution in [0.4, 0.5) is 5.13 Å². The van der Waals surface area contributed by atoms with Crippen molar-refractivity contribution in [3.63, 3.8) is 0 Å². The third kappa shape index (κ3) is 5.13. The molecule has 0 radical (unpaired) electrons. The average molecular weight is 357 g/mol. The molecule has 1 aromatic heterocycles. The highest BCUT2D eigenvalue weighted by atomic mass is 32.1. The Morgan fingerprint density at radius 3 is 2.64 bits per heavy atom. The molecule has 2 aromatic rings. The summed E-state index contributed by atoms with van der Waals surface area (Å²) in [6.45, 7) is 3.91. The second-order valence-electron chi connectivity index (χ2n) is 6.59. The van der Waals surface area contributed by atoms with Crippen molar-refractivity contribution in [3.05, 3.63) is 47.0 Å². The zero-order valence-electron chi connectivity index (χ0n) is 14.4. The number of nitrogens with one attached hydrogen (secondary N) is 1. The molecule has 0 atom stereocenters. The first-order chi connectivity index (χ1) is 12.1. The maximum atomic E-state index is 12.4. The van der Waals surface area contributed by atoms with Gasteiger partial charge in [-0.05, 0) is 24.3 Å². The molecule has 2 heterocycles. The molecule has 25 heavy (non-hydrogen) atoms. The Labute approximate surface area is 152 Å². The maximum absolute atomic E-state index is 12.4. The van der Waals surface area contributed by atoms with E-state index in [0.717, 1.165) is 37.2 Å². The van der Waals surface area contributed by atoms with E-state index in [1.807, 2.05) is 40.6 Å². The lowest BCUT2D eigenvalue weighted by Gasteiger charge is -2.30. The van der Waals surface area contributed by atoms with Crippen molar-refractivity contribution in [1.29, 1.82) is 0 Å². The predicted molar refractivity (Wildman–Crippen MR) is 99.6 cm³/mol. The molecule has 1 aromatic carbocycles. The molecule has 5 nitrogen and oxygen atoms in total. The summed E-state index contributed by atoms with van der Waals surface area (Å²) in [4.78, 5) is 30.7. The van der Waals surface area contributed by atoms with Gasteiger partial charge in [-0.25, -0.2) is 4.98 Å². The zero-order chi connectivity index (χ0) is 17.6. The Balaban J connectivity index is 1.50. The number of aromatic nitrogens is 1. The van der Waals surface area contributed by atoms with Crippen molar-refractivity contribution >= 4 is 28.3 Å². The summed E-state index contributed by atoms with van der Waals surface area (Å²) in [7, 11) is 0. The molecule has 6 heteroatoms. The number of carbonyl (C=O) groups is 2. The standard InChI is InChI=1S/C19H23N3O2S/c1-14-7-9-22(10-8-14)18(24)12-16-13-25-19(20-16)21-17(23)11-15-5-3-2-4-6-15/h2-6,13-14H,7-12H2,1H3,(H,20,21,23). The Morgan fingerprint density at radius 1 is 1.20 bits per heavy atom. The van der Waals surface area contributed by atoms with Crippen LogP contribution in [0, 0.1) is 5.92 Å². The van der Waals surface area contributed by atoms with Crippen molar-refractivity contribution < 1.29 is 9.59 Å². The molecule has 3 rings (SSSR count). The number of benzene rings is 1. The fourth-order valence-electron chi connectivity index (χ4n) is 2.92. The molecule has 0 spiro atoms. The molecule has 0 saturated carbocycles. The zero-order valence-corrected chi connectivity index (χ0v) is 15.2. The van der Waals surface area contributed by atoms with Gasteiger partial charge in [-0.15, -0.1) is 11.3 Å². The second-order valence-corrected chi connectivity index (χ2v) is 7.45. The summed E-state index contributed by atoms with van der Waals surface area (Å²) < 4.78 is 0. The van der Waals surface area contributed by atoms with Crippen LogP contribution < -0.4 is 5.32 Å². The number of hydrogen-bond donors (Lipinski definition) is 1. The topological polar surface area (TPSA) is 62.3 Å². The highest BCUT2D eigenvalue weighted by Crippen LogP contribution is 2.19. The number of carbonyl (C=O) groups excluding carboxylic acids is 2. The van der Waals surface area contributed by atoms with Gasteiger partial charge in [0.1, 0.15) is 0 Å². The Hall–Kier alpha value is -2.21. The predicted octanol–water partition coefficient (Wildman–Crippen LogP) is 3.13. The van der Waals surface area contributed by atoms with Gasteiger partial charge in [-0.2, -0.15) is 0 Å². The Kier molecular flexibility index (Phi) is 5.81. The molecule has 0 unspecified atom stereocenters. The molecular weight excluding hydrogens is 334 g/mol. The van der Waals surface area contributed by atoms with E-state index in [9.17, 15) is 9.59 Å². The quantitative estimate of drug-likeness (QED) is 0.894. The van der Waals surface area contributed by atoms with Crippen LogP contribution in [-0.4, -0.2) is 34.8 Å². The van der Waals surface area contributed by atoms with E-state index in [1.54, 1.807) is 0 Å². The normalized spacial score (nSPS) is 15.2. The summed E-state index contributed by atoms with van der Waals surface area (Å²) >= 11 is 1.36. The van der Waals surface area contributed by atoms with Gasteiger partial charge in [0.15, 0.2) is 5.13 Å². The maximum Gasteiger partial charge on any atom is 0.230 e. The van der Waals surface area contributed by atoms with Crippen molar-refractivity contribution in [3.8, 4) is 0 Å². The van der Waals surface area contributed by atoms with Crippen LogP contribution in [0.15, 0.2) is 35.7 Å². The Bertz CT molecular complexity index is 721.